The van der Waals surface area contributed by atoms with Gasteiger partial charge >= 0.3 is 11.5 Å². The van der Waals surface area contributed by atoms with E-state index in [-0.39, 0.29) is 24.0 Å². The number of hydrogen-bond donors (Lipinski definition) is 5. The molecule has 2 aromatic heterocycles. The molecular formula is C28H30F3N5O5S. The average molecular weight is 606 g/mol. The second kappa shape index (κ2) is 12.4. The van der Waals surface area contributed by atoms with E-state index in [4.69, 9.17) is 5.73 Å². The summed E-state index contributed by atoms with van der Waals surface area (Å²) in [5, 5.41) is 26.5. The van der Waals surface area contributed by atoms with Gasteiger partial charge in [-0.2, -0.15) is 13.2 Å². The lowest BCUT2D eigenvalue weighted by atomic mass is 10.0. The van der Waals surface area contributed by atoms with Crippen LogP contribution in [0.15, 0.2) is 66.9 Å². The number of benzene rings is 2. The van der Waals surface area contributed by atoms with Gasteiger partial charge in [0.15, 0.2) is 0 Å². The van der Waals surface area contributed by atoms with E-state index in [1.54, 1.807) is 34.9 Å². The van der Waals surface area contributed by atoms with Crippen LogP contribution in [0.3, 0.4) is 0 Å². The molecule has 224 valence electrons. The third-order valence-electron chi connectivity index (χ3n) is 6.69. The molecule has 2 atom stereocenters. The van der Waals surface area contributed by atoms with Gasteiger partial charge in [0.2, 0.25) is 0 Å². The first-order valence-corrected chi connectivity index (χ1v) is 14.5. The van der Waals surface area contributed by atoms with Crippen molar-refractivity contribution in [3.05, 3.63) is 89.2 Å². The van der Waals surface area contributed by atoms with Gasteiger partial charge in [-0.25, -0.2) is 18.2 Å². The monoisotopic (exact) mass is 605 g/mol. The van der Waals surface area contributed by atoms with Gasteiger partial charge in [0.1, 0.15) is 17.4 Å². The zero-order valence-electron chi connectivity index (χ0n) is 22.5. The molecule has 0 saturated carbocycles. The number of aliphatic hydroxyl groups is 1. The number of carboxylic acids is 1. The number of aromatic nitrogens is 2. The molecule has 0 spiro atoms. The molecule has 0 aliphatic carbocycles. The summed E-state index contributed by atoms with van der Waals surface area (Å²) in [6.45, 7) is 2.45. The van der Waals surface area contributed by atoms with Crippen molar-refractivity contribution in [2.24, 2.45) is 0 Å². The Balaban J connectivity index is 1.43. The average Bonchev–Trinajstić information content (AvgIpc) is 3.29. The Morgan fingerprint density at radius 2 is 1.76 bits per heavy atom. The molecule has 4 rings (SSSR count). The van der Waals surface area contributed by atoms with Crippen LogP contribution in [0.25, 0.3) is 10.9 Å². The third-order valence-corrected chi connectivity index (χ3v) is 7.92. The maximum atomic E-state index is 12.6. The number of nitrogens with zero attached hydrogens (tertiary/aromatic N) is 2. The summed E-state index contributed by atoms with van der Waals surface area (Å²) < 4.78 is 61.9. The number of sulfone groups is 1. The first kappa shape index (κ1) is 30.8. The Bertz CT molecular complexity index is 1660. The number of alkyl halides is 3. The number of nitrogens with two attached hydrogens (primary N) is 1. The summed E-state index contributed by atoms with van der Waals surface area (Å²) in [4.78, 5) is 16.0. The van der Waals surface area contributed by atoms with Crippen molar-refractivity contribution in [3.8, 4) is 0 Å². The highest BCUT2D eigenvalue weighted by molar-refractivity contribution is 7.92. The molecule has 4 aromatic rings. The fourth-order valence-electron chi connectivity index (χ4n) is 4.44. The predicted octanol–water partition coefficient (Wildman–Crippen LogP) is 3.92. The van der Waals surface area contributed by atoms with Crippen molar-refractivity contribution in [2.75, 3.05) is 23.5 Å². The molecule has 0 bridgehead atoms. The Morgan fingerprint density at radius 3 is 2.38 bits per heavy atom. The van der Waals surface area contributed by atoms with Crippen LogP contribution in [0.1, 0.15) is 40.2 Å². The van der Waals surface area contributed by atoms with Crippen LogP contribution in [0.5, 0.6) is 0 Å². The number of halogens is 3. The molecule has 2 aromatic carbocycles. The van der Waals surface area contributed by atoms with Crippen LogP contribution in [0.2, 0.25) is 0 Å². The number of nitrogens with one attached hydrogen (secondary N) is 2. The van der Waals surface area contributed by atoms with Crippen molar-refractivity contribution in [3.63, 3.8) is 0 Å². The van der Waals surface area contributed by atoms with Crippen LogP contribution < -0.4 is 16.4 Å². The summed E-state index contributed by atoms with van der Waals surface area (Å²) in [5.74, 6) is -2.04. The second-order valence-electron chi connectivity index (χ2n) is 9.94. The van der Waals surface area contributed by atoms with E-state index < -0.39 is 33.3 Å². The zero-order chi connectivity index (χ0) is 30.7. The lowest BCUT2D eigenvalue weighted by Crippen LogP contribution is -2.32. The largest absolute Gasteiger partial charge is 0.499 e. The van der Waals surface area contributed by atoms with Gasteiger partial charge in [-0.15, -0.1) is 0 Å². The van der Waals surface area contributed by atoms with Crippen LogP contribution in [-0.4, -0.2) is 58.1 Å². The van der Waals surface area contributed by atoms with Crippen molar-refractivity contribution in [1.29, 1.82) is 0 Å². The van der Waals surface area contributed by atoms with Gasteiger partial charge in [0.25, 0.3) is 9.84 Å². The van der Waals surface area contributed by atoms with Gasteiger partial charge in [-0.05, 0) is 60.9 Å². The number of fused-ring (bicyclic) bond motifs is 1. The zero-order valence-corrected chi connectivity index (χ0v) is 23.3. The fourth-order valence-corrected chi connectivity index (χ4v) is 4.96. The molecule has 0 fully saturated rings. The first-order valence-electron chi connectivity index (χ1n) is 12.8. The van der Waals surface area contributed by atoms with Gasteiger partial charge in [0.05, 0.1) is 6.10 Å². The van der Waals surface area contributed by atoms with Gasteiger partial charge in [-0.1, -0.05) is 24.3 Å². The lowest BCUT2D eigenvalue weighted by Gasteiger charge is -2.17. The van der Waals surface area contributed by atoms with Crippen molar-refractivity contribution in [2.45, 2.75) is 37.5 Å². The summed E-state index contributed by atoms with van der Waals surface area (Å²) in [6.07, 6.45) is 1.39. The van der Waals surface area contributed by atoms with E-state index in [0.717, 1.165) is 10.9 Å². The minimum atomic E-state index is -5.35. The number of pyridine rings is 1. The molecule has 0 amide bonds. The molecule has 14 heteroatoms. The van der Waals surface area contributed by atoms with E-state index in [9.17, 15) is 36.6 Å². The predicted molar refractivity (Wildman–Crippen MR) is 153 cm³/mol. The van der Waals surface area contributed by atoms with E-state index >= 15 is 0 Å². The molecule has 0 saturated heterocycles. The van der Waals surface area contributed by atoms with Gasteiger partial charge < -0.3 is 31.1 Å². The Morgan fingerprint density at radius 1 is 1.07 bits per heavy atom. The Hall–Kier alpha value is -4.14. The number of carboxylic acid groups (broad SMARTS) is 1. The topological polar surface area (TPSA) is 160 Å². The molecule has 0 aliphatic rings. The number of carbonyl (C=O) groups is 1. The number of aliphatic hydroxyl groups excluding tert-OH is 1. The molecule has 2 unspecified atom stereocenters. The van der Waals surface area contributed by atoms with Gasteiger partial charge in [0, 0.05) is 47.5 Å². The molecular weight excluding hydrogens is 575 g/mol. The standard InChI is InChI=1S/C28H30F3N5O5S/c1-17(33-14-25(37)20-5-9-26(32)34-13-20)10-19-4-8-23-21(11-19)12-24(27(38)39)36(23)15-18-2-6-22(7-3-18)35-16-42(40,41)28(29,30)31/h2-9,11-13,17,25,33,35,37H,10,14-16H2,1H3,(H2,32,34)(H,38,39). The van der Waals surface area contributed by atoms with E-state index in [1.807, 2.05) is 25.1 Å². The number of nitrogen functional groups attached to an aromatic ring is 1. The SMILES string of the molecule is CC(Cc1ccc2c(c1)cc(C(=O)O)n2Cc1ccc(NCS(=O)(=O)C(F)(F)F)cc1)NCC(O)c1ccc(N)nc1. The first-order chi connectivity index (χ1) is 19.7. The van der Waals surface area contributed by atoms with Crippen molar-refractivity contribution < 1.29 is 36.6 Å². The van der Waals surface area contributed by atoms with E-state index in [1.165, 1.54) is 18.3 Å². The highest BCUT2D eigenvalue weighted by atomic mass is 32.2. The minimum absolute atomic E-state index is 0.00175. The Labute approximate surface area is 239 Å². The molecule has 0 radical (unpaired) electrons. The molecule has 0 aliphatic heterocycles. The van der Waals surface area contributed by atoms with Crippen molar-refractivity contribution in [1.82, 2.24) is 14.9 Å². The molecule has 6 N–H and O–H groups in total. The van der Waals surface area contributed by atoms with Crippen LogP contribution in [0.4, 0.5) is 24.7 Å². The number of anilines is 2. The highest BCUT2D eigenvalue weighted by Crippen LogP contribution is 2.26. The Kier molecular flexibility index (Phi) is 9.09. The van der Waals surface area contributed by atoms with Crippen LogP contribution >= 0.6 is 0 Å². The number of aromatic carboxylic acids is 1. The maximum absolute atomic E-state index is 12.6. The normalized spacial score (nSPS) is 13.6. The van der Waals surface area contributed by atoms with E-state index in [0.29, 0.717) is 35.4 Å². The lowest BCUT2D eigenvalue weighted by molar-refractivity contribution is -0.0433. The third kappa shape index (κ3) is 7.38. The maximum Gasteiger partial charge on any atom is 0.499 e. The molecule has 42 heavy (non-hydrogen) atoms. The van der Waals surface area contributed by atoms with Crippen LogP contribution in [-0.2, 0) is 22.8 Å². The number of hydrogen-bond acceptors (Lipinski definition) is 8. The van der Waals surface area contributed by atoms with Crippen LogP contribution in [0, 0.1) is 0 Å². The summed E-state index contributed by atoms with van der Waals surface area (Å²) in [6, 6.07) is 16.6. The molecule has 10 nitrogen and oxygen atoms in total. The summed E-state index contributed by atoms with van der Waals surface area (Å²) in [5.41, 5.74) is 3.43. The quantitative estimate of drug-likeness (QED) is 0.161. The highest BCUT2D eigenvalue weighted by Gasteiger charge is 2.45. The van der Waals surface area contributed by atoms with Crippen molar-refractivity contribution >= 4 is 38.2 Å². The summed E-state index contributed by atoms with van der Waals surface area (Å²) in [7, 11) is -5.32. The summed E-state index contributed by atoms with van der Waals surface area (Å²) >= 11 is 0. The number of rotatable bonds is 12. The van der Waals surface area contributed by atoms with Gasteiger partial charge in [-0.3, -0.25) is 0 Å². The minimum Gasteiger partial charge on any atom is -0.477 e. The smallest absolute Gasteiger partial charge is 0.477 e. The second-order valence-corrected chi connectivity index (χ2v) is 11.9. The molecule has 2 heterocycles. The van der Waals surface area contributed by atoms with E-state index in [2.05, 4.69) is 15.6 Å². The fraction of sp³-hybridized carbons (Fsp3) is 0.286.